The summed E-state index contributed by atoms with van der Waals surface area (Å²) in [4.78, 5) is 26.0. The lowest BCUT2D eigenvalue weighted by molar-refractivity contribution is -0.119. The molecule has 0 atom stereocenters. The van der Waals surface area contributed by atoms with E-state index in [1.54, 1.807) is 11.1 Å². The zero-order valence-corrected chi connectivity index (χ0v) is 13.9. The molecule has 0 aliphatic carbocycles. The number of carbonyl (C=O) groups is 2. The summed E-state index contributed by atoms with van der Waals surface area (Å²) in [5.74, 6) is 0.712. The number of aromatic nitrogens is 1. The molecule has 3 aromatic rings. The largest absolute Gasteiger partial charge is 0.490 e. The third-order valence-corrected chi connectivity index (χ3v) is 4.53. The van der Waals surface area contributed by atoms with E-state index >= 15 is 0 Å². The highest BCUT2D eigenvalue weighted by atomic mass is 16.5. The topological polar surface area (TPSA) is 51.5 Å². The Morgan fingerprint density at radius 2 is 2.08 bits per heavy atom. The average Bonchev–Trinajstić information content (AvgIpc) is 2.99. The van der Waals surface area contributed by atoms with Crippen LogP contribution in [0.1, 0.15) is 15.9 Å². The molecule has 0 spiro atoms. The van der Waals surface area contributed by atoms with E-state index in [9.17, 15) is 9.59 Å². The monoisotopic (exact) mass is 334 g/mol. The summed E-state index contributed by atoms with van der Waals surface area (Å²) in [5.41, 5.74) is 3.37. The number of rotatable bonds is 3. The van der Waals surface area contributed by atoms with Gasteiger partial charge in [-0.2, -0.15) is 0 Å². The molecule has 126 valence electrons. The van der Waals surface area contributed by atoms with E-state index < -0.39 is 0 Å². The Morgan fingerprint density at radius 3 is 2.92 bits per heavy atom. The summed E-state index contributed by atoms with van der Waals surface area (Å²) in [5, 5.41) is 0.864. The maximum absolute atomic E-state index is 12.9. The van der Waals surface area contributed by atoms with Gasteiger partial charge in [0.2, 0.25) is 5.91 Å². The minimum Gasteiger partial charge on any atom is -0.490 e. The first kappa shape index (κ1) is 15.4. The maximum atomic E-state index is 12.9. The maximum Gasteiger partial charge on any atom is 0.247 e. The van der Waals surface area contributed by atoms with E-state index in [0.29, 0.717) is 18.7 Å². The lowest BCUT2D eigenvalue weighted by atomic mass is 10.1. The van der Waals surface area contributed by atoms with Gasteiger partial charge in [0.05, 0.1) is 12.2 Å². The van der Waals surface area contributed by atoms with Crippen LogP contribution in [0.2, 0.25) is 0 Å². The normalized spacial score (nSPS) is 13.4. The molecule has 0 radical (unpaired) electrons. The molecule has 1 amide bonds. The van der Waals surface area contributed by atoms with Crippen LogP contribution in [0, 0.1) is 6.92 Å². The number of hydrogen-bond acceptors (Lipinski definition) is 3. The molecule has 0 bridgehead atoms. The molecule has 0 saturated heterocycles. The molecule has 0 unspecified atom stereocenters. The molecule has 5 nitrogen and oxygen atoms in total. The number of fused-ring (bicyclic) bond motifs is 2. The van der Waals surface area contributed by atoms with Crippen LogP contribution in [-0.2, 0) is 11.3 Å². The van der Waals surface area contributed by atoms with E-state index in [2.05, 4.69) is 0 Å². The van der Waals surface area contributed by atoms with Crippen molar-refractivity contribution in [1.82, 2.24) is 4.57 Å². The van der Waals surface area contributed by atoms with Crippen LogP contribution in [-0.4, -0.2) is 29.9 Å². The van der Waals surface area contributed by atoms with E-state index in [0.717, 1.165) is 34.2 Å². The van der Waals surface area contributed by atoms with Crippen molar-refractivity contribution in [2.45, 2.75) is 13.5 Å². The molecule has 1 aromatic heterocycles. The fraction of sp³-hybridized carbons (Fsp3) is 0.200. The number of anilines is 1. The third kappa shape index (κ3) is 2.67. The van der Waals surface area contributed by atoms with Gasteiger partial charge < -0.3 is 14.2 Å². The number of benzene rings is 2. The predicted octanol–water partition coefficient (Wildman–Crippen LogP) is 3.19. The van der Waals surface area contributed by atoms with E-state index in [-0.39, 0.29) is 12.5 Å². The quantitative estimate of drug-likeness (QED) is 0.691. The van der Waals surface area contributed by atoms with Gasteiger partial charge in [0, 0.05) is 22.7 Å². The minimum atomic E-state index is -0.0200. The zero-order chi connectivity index (χ0) is 17.4. The Morgan fingerprint density at radius 1 is 1.24 bits per heavy atom. The summed E-state index contributed by atoms with van der Waals surface area (Å²) in [6, 6.07) is 13.5. The molecule has 4 rings (SSSR count). The predicted molar refractivity (Wildman–Crippen MR) is 96.4 cm³/mol. The van der Waals surface area contributed by atoms with Crippen LogP contribution in [0.25, 0.3) is 10.9 Å². The first-order chi connectivity index (χ1) is 12.2. The number of carbonyl (C=O) groups excluding carboxylic acids is 2. The van der Waals surface area contributed by atoms with Crippen molar-refractivity contribution in [3.63, 3.8) is 0 Å². The second-order valence-corrected chi connectivity index (χ2v) is 6.21. The lowest BCUT2D eigenvalue weighted by Crippen LogP contribution is -2.39. The number of nitrogens with zero attached hydrogens (tertiary/aromatic N) is 2. The number of para-hydroxylation sites is 1. The number of amides is 1. The van der Waals surface area contributed by atoms with Gasteiger partial charge in [-0.1, -0.05) is 24.3 Å². The average molecular weight is 334 g/mol. The summed E-state index contributed by atoms with van der Waals surface area (Å²) < 4.78 is 7.49. The fourth-order valence-corrected chi connectivity index (χ4v) is 3.32. The van der Waals surface area contributed by atoms with Crippen LogP contribution in [0.15, 0.2) is 48.7 Å². The minimum absolute atomic E-state index is 0.0200. The second kappa shape index (κ2) is 6.09. The molecular weight excluding hydrogens is 316 g/mol. The first-order valence-corrected chi connectivity index (χ1v) is 8.24. The Kier molecular flexibility index (Phi) is 3.76. The van der Waals surface area contributed by atoms with E-state index in [1.807, 2.05) is 54.0 Å². The number of aldehydes is 1. The number of hydrogen-bond donors (Lipinski definition) is 0. The van der Waals surface area contributed by atoms with E-state index in [1.165, 1.54) is 0 Å². The molecule has 2 aromatic carbocycles. The molecule has 2 heterocycles. The summed E-state index contributed by atoms with van der Waals surface area (Å²) in [6.45, 7) is 3.18. The van der Waals surface area contributed by atoms with Crippen LogP contribution in [0.5, 0.6) is 5.75 Å². The Bertz CT molecular complexity index is 974. The highest BCUT2D eigenvalue weighted by Crippen LogP contribution is 2.32. The van der Waals surface area contributed by atoms with Crippen molar-refractivity contribution in [2.24, 2.45) is 0 Å². The van der Waals surface area contributed by atoms with Crippen molar-refractivity contribution in [3.05, 3.63) is 59.8 Å². The fourth-order valence-electron chi connectivity index (χ4n) is 3.32. The van der Waals surface area contributed by atoms with Crippen LogP contribution in [0.3, 0.4) is 0 Å². The smallest absolute Gasteiger partial charge is 0.247 e. The molecule has 0 N–H and O–H groups in total. The molecule has 1 aliphatic heterocycles. The lowest BCUT2D eigenvalue weighted by Gasteiger charge is -2.30. The number of aryl methyl sites for hydroxylation is 1. The highest BCUT2D eigenvalue weighted by Gasteiger charge is 2.24. The molecule has 5 heteroatoms. The zero-order valence-electron chi connectivity index (χ0n) is 13.9. The van der Waals surface area contributed by atoms with Crippen LogP contribution in [0.4, 0.5) is 5.69 Å². The summed E-state index contributed by atoms with van der Waals surface area (Å²) >= 11 is 0. The Hall–Kier alpha value is -3.08. The van der Waals surface area contributed by atoms with Crippen molar-refractivity contribution >= 4 is 28.8 Å². The van der Waals surface area contributed by atoms with Crippen LogP contribution >= 0.6 is 0 Å². The van der Waals surface area contributed by atoms with Gasteiger partial charge >= 0.3 is 0 Å². The summed E-state index contributed by atoms with van der Waals surface area (Å²) in [7, 11) is 0. The molecule has 1 aliphatic rings. The van der Waals surface area contributed by atoms with Crippen molar-refractivity contribution in [3.8, 4) is 5.75 Å². The van der Waals surface area contributed by atoms with Gasteiger partial charge in [0.15, 0.2) is 6.29 Å². The Balaban J connectivity index is 1.68. The van der Waals surface area contributed by atoms with Gasteiger partial charge in [-0.3, -0.25) is 9.59 Å². The van der Waals surface area contributed by atoms with Gasteiger partial charge in [0.25, 0.3) is 0 Å². The van der Waals surface area contributed by atoms with Gasteiger partial charge in [-0.25, -0.2) is 0 Å². The second-order valence-electron chi connectivity index (χ2n) is 6.21. The molecule has 0 saturated carbocycles. The molecule has 25 heavy (non-hydrogen) atoms. The van der Waals surface area contributed by atoms with Crippen LogP contribution < -0.4 is 9.64 Å². The molecular formula is C20H18N2O3. The van der Waals surface area contributed by atoms with Gasteiger partial charge in [-0.05, 0) is 30.7 Å². The SMILES string of the molecule is Cc1ccc2c(c1)N(C(=O)Cn1cc(C=O)c3ccccc31)CCO2. The van der Waals surface area contributed by atoms with E-state index in [4.69, 9.17) is 4.74 Å². The summed E-state index contributed by atoms with van der Waals surface area (Å²) in [6.07, 6.45) is 2.57. The van der Waals surface area contributed by atoms with Gasteiger partial charge in [-0.15, -0.1) is 0 Å². The first-order valence-electron chi connectivity index (χ1n) is 8.24. The van der Waals surface area contributed by atoms with Crippen molar-refractivity contribution < 1.29 is 14.3 Å². The van der Waals surface area contributed by atoms with Gasteiger partial charge in [0.1, 0.15) is 18.9 Å². The standard InChI is InChI=1S/C20H18N2O3/c1-14-6-7-19-18(10-14)22(8-9-25-19)20(24)12-21-11-15(13-23)16-4-2-3-5-17(16)21/h2-7,10-11,13H,8-9,12H2,1H3. The third-order valence-electron chi connectivity index (χ3n) is 4.53. The number of ether oxygens (including phenoxy) is 1. The van der Waals surface area contributed by atoms with Crippen molar-refractivity contribution in [2.75, 3.05) is 18.1 Å². The Labute approximate surface area is 145 Å². The highest BCUT2D eigenvalue weighted by molar-refractivity contribution is 6.00. The van der Waals surface area contributed by atoms with Crippen molar-refractivity contribution in [1.29, 1.82) is 0 Å². The molecule has 0 fully saturated rings.